The molecule has 5 nitrogen and oxygen atoms in total. The summed E-state index contributed by atoms with van der Waals surface area (Å²) in [6.45, 7) is 0. The SMILES string of the molecule is Clc1nnc2ccc(OC3CCC3)nn12. The van der Waals surface area contributed by atoms with Crippen LogP contribution < -0.4 is 4.74 Å². The quantitative estimate of drug-likeness (QED) is 0.779. The molecule has 0 radical (unpaired) electrons. The second-order valence-corrected chi connectivity index (χ2v) is 3.92. The summed E-state index contributed by atoms with van der Waals surface area (Å²) in [5, 5.41) is 12.0. The fourth-order valence-electron chi connectivity index (χ4n) is 1.47. The van der Waals surface area contributed by atoms with Crippen LogP contribution in [0.15, 0.2) is 12.1 Å². The standard InChI is InChI=1S/C9H9ClN4O/c10-9-12-11-7-4-5-8(13-14(7)9)15-6-2-1-3-6/h4-6H,1-3H2. The lowest BCUT2D eigenvalue weighted by Crippen LogP contribution is -2.25. The van der Waals surface area contributed by atoms with Gasteiger partial charge in [0.1, 0.15) is 6.10 Å². The molecule has 2 aromatic heterocycles. The Morgan fingerprint density at radius 3 is 2.93 bits per heavy atom. The smallest absolute Gasteiger partial charge is 0.246 e. The molecule has 1 aliphatic rings. The number of nitrogens with zero attached hydrogens (tertiary/aromatic N) is 4. The van der Waals surface area contributed by atoms with Crippen LogP contribution in [0.2, 0.25) is 5.28 Å². The maximum Gasteiger partial charge on any atom is 0.246 e. The second kappa shape index (κ2) is 3.34. The Morgan fingerprint density at radius 1 is 1.33 bits per heavy atom. The molecule has 1 fully saturated rings. The Labute approximate surface area is 91.0 Å². The van der Waals surface area contributed by atoms with E-state index < -0.39 is 0 Å². The highest BCUT2D eigenvalue weighted by Crippen LogP contribution is 2.24. The van der Waals surface area contributed by atoms with Gasteiger partial charge in [-0.2, -0.15) is 4.52 Å². The van der Waals surface area contributed by atoms with Crippen LogP contribution in [0.25, 0.3) is 5.65 Å². The van der Waals surface area contributed by atoms with E-state index in [9.17, 15) is 0 Å². The zero-order valence-corrected chi connectivity index (χ0v) is 8.68. The summed E-state index contributed by atoms with van der Waals surface area (Å²) < 4.78 is 7.10. The maximum absolute atomic E-state index is 5.80. The Hall–Kier alpha value is -1.36. The van der Waals surface area contributed by atoms with Crippen molar-refractivity contribution in [1.82, 2.24) is 19.8 Å². The summed E-state index contributed by atoms with van der Waals surface area (Å²) >= 11 is 5.80. The molecular weight excluding hydrogens is 216 g/mol. The van der Waals surface area contributed by atoms with Crippen molar-refractivity contribution in [3.05, 3.63) is 17.4 Å². The lowest BCUT2D eigenvalue weighted by Gasteiger charge is -2.25. The molecule has 15 heavy (non-hydrogen) atoms. The highest BCUT2D eigenvalue weighted by atomic mass is 35.5. The summed E-state index contributed by atoms with van der Waals surface area (Å²) in [4.78, 5) is 0. The van der Waals surface area contributed by atoms with E-state index in [1.165, 1.54) is 10.9 Å². The zero-order chi connectivity index (χ0) is 10.3. The molecule has 0 aromatic carbocycles. The topological polar surface area (TPSA) is 52.3 Å². The van der Waals surface area contributed by atoms with Crippen LogP contribution in [0.5, 0.6) is 5.88 Å². The minimum absolute atomic E-state index is 0.254. The lowest BCUT2D eigenvalue weighted by molar-refractivity contribution is 0.113. The minimum atomic E-state index is 0.254. The van der Waals surface area contributed by atoms with Gasteiger partial charge < -0.3 is 4.74 Å². The third kappa shape index (κ3) is 1.52. The predicted molar refractivity (Wildman–Crippen MR) is 54.1 cm³/mol. The second-order valence-electron chi connectivity index (χ2n) is 3.58. The van der Waals surface area contributed by atoms with E-state index in [0.717, 1.165) is 12.8 Å². The molecule has 0 N–H and O–H groups in total. The lowest BCUT2D eigenvalue weighted by atomic mass is 9.96. The van der Waals surface area contributed by atoms with Crippen LogP contribution >= 0.6 is 11.6 Å². The van der Waals surface area contributed by atoms with Crippen molar-refractivity contribution in [2.75, 3.05) is 0 Å². The first-order valence-electron chi connectivity index (χ1n) is 4.87. The van der Waals surface area contributed by atoms with Gasteiger partial charge in [0.15, 0.2) is 5.65 Å². The molecule has 6 heteroatoms. The molecule has 0 aliphatic heterocycles. The average Bonchev–Trinajstić information content (AvgIpc) is 2.55. The molecule has 0 saturated heterocycles. The molecule has 2 aromatic rings. The van der Waals surface area contributed by atoms with Crippen molar-refractivity contribution in [2.24, 2.45) is 0 Å². The molecule has 2 heterocycles. The summed E-state index contributed by atoms with van der Waals surface area (Å²) in [6, 6.07) is 3.58. The monoisotopic (exact) mass is 224 g/mol. The summed E-state index contributed by atoms with van der Waals surface area (Å²) in [5.74, 6) is 0.578. The first-order chi connectivity index (χ1) is 7.33. The first kappa shape index (κ1) is 8.91. The third-order valence-electron chi connectivity index (χ3n) is 2.54. The van der Waals surface area contributed by atoms with Crippen LogP contribution in [0.4, 0.5) is 0 Å². The first-order valence-corrected chi connectivity index (χ1v) is 5.25. The van der Waals surface area contributed by atoms with Crippen LogP contribution in [0, 0.1) is 0 Å². The Kier molecular flexibility index (Phi) is 1.98. The molecule has 0 spiro atoms. The van der Waals surface area contributed by atoms with E-state index in [2.05, 4.69) is 15.3 Å². The molecule has 0 amide bonds. The van der Waals surface area contributed by atoms with Crippen molar-refractivity contribution in [3.8, 4) is 5.88 Å². The van der Waals surface area contributed by atoms with Gasteiger partial charge in [-0.15, -0.1) is 15.3 Å². The largest absolute Gasteiger partial charge is 0.473 e. The van der Waals surface area contributed by atoms with Gasteiger partial charge in [-0.05, 0) is 36.9 Å². The third-order valence-corrected chi connectivity index (χ3v) is 2.78. The number of ether oxygens (including phenoxy) is 1. The van der Waals surface area contributed by atoms with Gasteiger partial charge in [0, 0.05) is 6.07 Å². The van der Waals surface area contributed by atoms with Gasteiger partial charge in [0.2, 0.25) is 11.2 Å². The average molecular weight is 225 g/mol. The number of fused-ring (bicyclic) bond motifs is 1. The van der Waals surface area contributed by atoms with Gasteiger partial charge in [-0.3, -0.25) is 0 Å². The molecule has 0 atom stereocenters. The number of halogens is 1. The fourth-order valence-corrected chi connectivity index (χ4v) is 1.63. The normalized spacial score (nSPS) is 16.6. The minimum Gasteiger partial charge on any atom is -0.473 e. The number of hydrogen-bond acceptors (Lipinski definition) is 4. The van der Waals surface area contributed by atoms with Gasteiger partial charge in [0.25, 0.3) is 0 Å². The Morgan fingerprint density at radius 2 is 2.20 bits per heavy atom. The molecule has 0 bridgehead atoms. The van der Waals surface area contributed by atoms with E-state index >= 15 is 0 Å². The number of hydrogen-bond donors (Lipinski definition) is 0. The van der Waals surface area contributed by atoms with E-state index in [1.807, 2.05) is 0 Å². The molecule has 1 saturated carbocycles. The summed E-state index contributed by atoms with van der Waals surface area (Å²) in [6.07, 6.45) is 3.76. The van der Waals surface area contributed by atoms with Crippen LogP contribution in [0.1, 0.15) is 19.3 Å². The maximum atomic E-state index is 5.80. The van der Waals surface area contributed by atoms with E-state index in [0.29, 0.717) is 17.6 Å². The van der Waals surface area contributed by atoms with Crippen molar-refractivity contribution >= 4 is 17.2 Å². The van der Waals surface area contributed by atoms with Gasteiger partial charge in [0.05, 0.1) is 0 Å². The van der Waals surface area contributed by atoms with Gasteiger partial charge >= 0.3 is 0 Å². The summed E-state index contributed by atoms with van der Waals surface area (Å²) in [7, 11) is 0. The zero-order valence-electron chi connectivity index (χ0n) is 7.93. The van der Waals surface area contributed by atoms with E-state index in [1.54, 1.807) is 12.1 Å². The van der Waals surface area contributed by atoms with E-state index in [4.69, 9.17) is 16.3 Å². The van der Waals surface area contributed by atoms with Gasteiger partial charge in [-0.25, -0.2) is 0 Å². The predicted octanol–water partition coefficient (Wildman–Crippen LogP) is 1.71. The van der Waals surface area contributed by atoms with E-state index in [-0.39, 0.29) is 5.28 Å². The van der Waals surface area contributed by atoms with Crippen LogP contribution in [-0.2, 0) is 0 Å². The number of aromatic nitrogens is 4. The van der Waals surface area contributed by atoms with Crippen LogP contribution in [-0.4, -0.2) is 25.9 Å². The van der Waals surface area contributed by atoms with Crippen molar-refractivity contribution in [2.45, 2.75) is 25.4 Å². The molecular formula is C9H9ClN4O. The Bertz CT molecular complexity index is 494. The van der Waals surface area contributed by atoms with Crippen molar-refractivity contribution in [1.29, 1.82) is 0 Å². The van der Waals surface area contributed by atoms with Crippen molar-refractivity contribution in [3.63, 3.8) is 0 Å². The summed E-state index contributed by atoms with van der Waals surface area (Å²) in [5.41, 5.74) is 0.626. The fraction of sp³-hybridized carbons (Fsp3) is 0.444. The van der Waals surface area contributed by atoms with Crippen molar-refractivity contribution < 1.29 is 4.74 Å². The Balaban J connectivity index is 1.93. The highest BCUT2D eigenvalue weighted by molar-refractivity contribution is 6.28. The highest BCUT2D eigenvalue weighted by Gasteiger charge is 2.19. The molecule has 3 rings (SSSR count). The molecule has 0 unspecified atom stereocenters. The van der Waals surface area contributed by atoms with Gasteiger partial charge in [-0.1, -0.05) is 0 Å². The number of rotatable bonds is 2. The van der Waals surface area contributed by atoms with Crippen LogP contribution in [0.3, 0.4) is 0 Å². The molecule has 1 aliphatic carbocycles. The molecule has 78 valence electrons.